The Morgan fingerprint density at radius 1 is 1.42 bits per heavy atom. The zero-order valence-corrected chi connectivity index (χ0v) is 10.9. The smallest absolute Gasteiger partial charge is 0.305 e. The molecule has 2 heterocycles. The highest BCUT2D eigenvalue weighted by atomic mass is 35.5. The molecule has 2 aromatic rings. The Hall–Kier alpha value is -1.92. The van der Waals surface area contributed by atoms with Crippen molar-refractivity contribution in [1.29, 1.82) is 0 Å². The molecule has 2 rings (SSSR count). The van der Waals surface area contributed by atoms with Gasteiger partial charge >= 0.3 is 11.2 Å². The maximum atomic E-state index is 11.8. The minimum Gasteiger partial charge on any atom is -0.305 e. The molecule has 0 saturated heterocycles. The van der Waals surface area contributed by atoms with E-state index in [4.69, 9.17) is 23.2 Å². The molecule has 8 heteroatoms. The van der Waals surface area contributed by atoms with Crippen LogP contribution < -0.4 is 5.56 Å². The zero-order chi connectivity index (χ0) is 14.0. The number of pyridine rings is 2. The Kier molecular flexibility index (Phi) is 3.82. The van der Waals surface area contributed by atoms with E-state index in [9.17, 15) is 14.9 Å². The Balaban J connectivity index is 2.42. The Morgan fingerprint density at radius 2 is 2.16 bits per heavy atom. The van der Waals surface area contributed by atoms with Crippen molar-refractivity contribution in [2.24, 2.45) is 0 Å². The molecule has 0 aliphatic heterocycles. The summed E-state index contributed by atoms with van der Waals surface area (Å²) in [5.41, 5.74) is -0.632. The highest BCUT2D eigenvalue weighted by Gasteiger charge is 2.14. The fourth-order valence-corrected chi connectivity index (χ4v) is 1.95. The van der Waals surface area contributed by atoms with Gasteiger partial charge in [0.15, 0.2) is 0 Å². The van der Waals surface area contributed by atoms with E-state index in [0.29, 0.717) is 10.6 Å². The number of hydrogen-bond acceptors (Lipinski definition) is 4. The van der Waals surface area contributed by atoms with Crippen LogP contribution in [0.3, 0.4) is 0 Å². The van der Waals surface area contributed by atoms with E-state index in [1.165, 1.54) is 29.1 Å². The molecule has 0 amide bonds. The molecule has 6 nitrogen and oxygen atoms in total. The summed E-state index contributed by atoms with van der Waals surface area (Å²) in [5, 5.41) is 11.3. The molecular weight excluding hydrogens is 293 g/mol. The zero-order valence-electron chi connectivity index (χ0n) is 9.42. The van der Waals surface area contributed by atoms with E-state index >= 15 is 0 Å². The highest BCUT2D eigenvalue weighted by molar-refractivity contribution is 6.34. The van der Waals surface area contributed by atoms with E-state index in [1.807, 2.05) is 0 Å². The summed E-state index contributed by atoms with van der Waals surface area (Å²) in [6.45, 7) is 0.0868. The molecule has 0 N–H and O–H groups in total. The van der Waals surface area contributed by atoms with Gasteiger partial charge in [-0.05, 0) is 12.1 Å². The maximum absolute atomic E-state index is 11.8. The molecule has 0 aliphatic carbocycles. The lowest BCUT2D eigenvalue weighted by atomic mass is 10.2. The second-order valence-electron chi connectivity index (χ2n) is 3.68. The van der Waals surface area contributed by atoms with Crippen LogP contribution in [0.2, 0.25) is 10.2 Å². The summed E-state index contributed by atoms with van der Waals surface area (Å²) in [4.78, 5) is 25.6. The molecular formula is C11H7Cl2N3O3. The van der Waals surface area contributed by atoms with Gasteiger partial charge in [0, 0.05) is 24.0 Å². The van der Waals surface area contributed by atoms with Gasteiger partial charge in [0.05, 0.1) is 16.5 Å². The lowest BCUT2D eigenvalue weighted by Crippen LogP contribution is -2.22. The lowest BCUT2D eigenvalue weighted by molar-refractivity contribution is -0.386. The van der Waals surface area contributed by atoms with E-state index in [-0.39, 0.29) is 11.7 Å². The summed E-state index contributed by atoms with van der Waals surface area (Å²) in [7, 11) is 0. The van der Waals surface area contributed by atoms with Crippen LogP contribution in [0.1, 0.15) is 5.56 Å². The molecule has 0 radical (unpaired) electrons. The number of hydrogen-bond donors (Lipinski definition) is 0. The van der Waals surface area contributed by atoms with Gasteiger partial charge in [-0.2, -0.15) is 0 Å². The topological polar surface area (TPSA) is 78.0 Å². The molecule has 0 unspecified atom stereocenters. The van der Waals surface area contributed by atoms with Gasteiger partial charge in [-0.15, -0.1) is 0 Å². The quantitative estimate of drug-likeness (QED) is 0.495. The van der Waals surface area contributed by atoms with Crippen molar-refractivity contribution in [2.45, 2.75) is 6.54 Å². The summed E-state index contributed by atoms with van der Waals surface area (Å²) >= 11 is 11.6. The number of aromatic nitrogens is 2. The molecule has 0 aliphatic rings. The van der Waals surface area contributed by atoms with Gasteiger partial charge < -0.3 is 4.57 Å². The molecule has 0 spiro atoms. The Morgan fingerprint density at radius 3 is 2.79 bits per heavy atom. The highest BCUT2D eigenvalue weighted by Crippen LogP contribution is 2.19. The van der Waals surface area contributed by atoms with Crippen molar-refractivity contribution in [3.63, 3.8) is 0 Å². The van der Waals surface area contributed by atoms with Crippen molar-refractivity contribution in [3.8, 4) is 0 Å². The van der Waals surface area contributed by atoms with Gasteiger partial charge in [0.1, 0.15) is 5.15 Å². The first-order valence-electron chi connectivity index (χ1n) is 5.13. The Labute approximate surface area is 117 Å². The van der Waals surface area contributed by atoms with Crippen molar-refractivity contribution in [1.82, 2.24) is 9.55 Å². The molecule has 0 bridgehead atoms. The number of rotatable bonds is 3. The molecule has 0 aromatic carbocycles. The molecule has 2 aromatic heterocycles. The van der Waals surface area contributed by atoms with Crippen LogP contribution in [0.5, 0.6) is 0 Å². The first kappa shape index (κ1) is 13.5. The maximum Gasteiger partial charge on any atom is 0.334 e. The van der Waals surface area contributed by atoms with Crippen molar-refractivity contribution >= 4 is 28.9 Å². The van der Waals surface area contributed by atoms with Gasteiger partial charge in [-0.25, -0.2) is 4.98 Å². The van der Waals surface area contributed by atoms with Gasteiger partial charge in [0.2, 0.25) is 0 Å². The van der Waals surface area contributed by atoms with Gasteiger partial charge in [-0.3, -0.25) is 14.9 Å². The second kappa shape index (κ2) is 5.38. The van der Waals surface area contributed by atoms with Crippen LogP contribution in [0, 0.1) is 10.1 Å². The lowest BCUT2D eigenvalue weighted by Gasteiger charge is -2.07. The predicted molar refractivity (Wildman–Crippen MR) is 70.7 cm³/mol. The van der Waals surface area contributed by atoms with Crippen molar-refractivity contribution < 1.29 is 4.92 Å². The summed E-state index contributed by atoms with van der Waals surface area (Å²) < 4.78 is 1.19. The minimum atomic E-state index is -0.722. The standard InChI is InChI=1S/C11H7Cl2N3O3/c12-8-4-10(13)14-5-7(8)6-15-3-1-2-9(11(15)17)16(18)19/h1-5H,6H2. The van der Waals surface area contributed by atoms with Crippen molar-refractivity contribution in [3.05, 3.63) is 66.8 Å². The molecule has 0 fully saturated rings. The average Bonchev–Trinajstić information content (AvgIpc) is 2.34. The van der Waals surface area contributed by atoms with E-state index in [1.54, 1.807) is 0 Å². The minimum absolute atomic E-state index is 0.0868. The Bertz CT molecular complexity index is 700. The second-order valence-corrected chi connectivity index (χ2v) is 4.48. The average molecular weight is 300 g/mol. The third kappa shape index (κ3) is 2.91. The molecule has 0 atom stereocenters. The summed E-state index contributed by atoms with van der Waals surface area (Å²) in [6, 6.07) is 4.03. The first-order valence-corrected chi connectivity index (χ1v) is 5.88. The van der Waals surface area contributed by atoms with Crippen molar-refractivity contribution in [2.75, 3.05) is 0 Å². The van der Waals surface area contributed by atoms with Crippen LogP contribution in [0.4, 0.5) is 5.69 Å². The summed E-state index contributed by atoms with van der Waals surface area (Å²) in [5.74, 6) is 0. The molecule has 0 saturated carbocycles. The monoisotopic (exact) mass is 299 g/mol. The number of nitrogens with zero attached hydrogens (tertiary/aromatic N) is 3. The third-order valence-corrected chi connectivity index (χ3v) is 2.99. The molecule has 98 valence electrons. The van der Waals surface area contributed by atoms with Crippen LogP contribution in [0.15, 0.2) is 35.4 Å². The van der Waals surface area contributed by atoms with Crippen LogP contribution >= 0.6 is 23.2 Å². The van der Waals surface area contributed by atoms with Crippen LogP contribution in [-0.4, -0.2) is 14.5 Å². The fraction of sp³-hybridized carbons (Fsp3) is 0.0909. The third-order valence-electron chi connectivity index (χ3n) is 2.43. The van der Waals surface area contributed by atoms with E-state index < -0.39 is 16.2 Å². The fourth-order valence-electron chi connectivity index (χ4n) is 1.52. The SMILES string of the molecule is O=c1c([N+](=O)[O-])cccn1Cc1cnc(Cl)cc1Cl. The number of halogens is 2. The first-order chi connectivity index (χ1) is 8.99. The summed E-state index contributed by atoms with van der Waals surface area (Å²) in [6.07, 6.45) is 2.87. The normalized spacial score (nSPS) is 10.4. The molecule has 19 heavy (non-hydrogen) atoms. The number of nitro groups is 1. The van der Waals surface area contributed by atoms with E-state index in [0.717, 1.165) is 6.07 Å². The van der Waals surface area contributed by atoms with Crippen LogP contribution in [-0.2, 0) is 6.54 Å². The van der Waals surface area contributed by atoms with E-state index in [2.05, 4.69) is 4.98 Å². The van der Waals surface area contributed by atoms with Gasteiger partial charge in [-0.1, -0.05) is 23.2 Å². The largest absolute Gasteiger partial charge is 0.334 e. The van der Waals surface area contributed by atoms with Crippen LogP contribution in [0.25, 0.3) is 0 Å². The predicted octanol–water partition coefficient (Wildman–Crippen LogP) is 2.51. The van der Waals surface area contributed by atoms with Gasteiger partial charge in [0.25, 0.3) is 0 Å².